The Labute approximate surface area is 110 Å². The number of nitrogens with one attached hydrogen (secondary N) is 1. The van der Waals surface area contributed by atoms with E-state index in [0.29, 0.717) is 11.8 Å². The van der Waals surface area contributed by atoms with E-state index in [1.165, 1.54) is 5.56 Å². The maximum Gasteiger partial charge on any atom is 0.126 e. The first-order chi connectivity index (χ1) is 8.58. The molecule has 0 saturated carbocycles. The monoisotopic (exact) mass is 251 g/mol. The quantitative estimate of drug-likeness (QED) is 0.808. The van der Waals surface area contributed by atoms with Crippen LogP contribution in [-0.4, -0.2) is 27.3 Å². The summed E-state index contributed by atoms with van der Waals surface area (Å²) in [5.74, 6) is 2.82. The van der Waals surface area contributed by atoms with Gasteiger partial charge < -0.3 is 14.8 Å². The van der Waals surface area contributed by atoms with E-state index in [1.807, 2.05) is 12.1 Å². The highest BCUT2D eigenvalue weighted by Gasteiger charge is 2.12. The molecule has 0 saturated heterocycles. The average Bonchev–Trinajstić information content (AvgIpc) is 2.37. The molecule has 1 atom stereocenters. The molecule has 1 rings (SSSR count). The van der Waals surface area contributed by atoms with Gasteiger partial charge in [-0.25, -0.2) is 0 Å². The summed E-state index contributed by atoms with van der Waals surface area (Å²) in [7, 11) is 3.37. The summed E-state index contributed by atoms with van der Waals surface area (Å²) in [6, 6.07) is 6.00. The van der Waals surface area contributed by atoms with Crippen LogP contribution in [0.5, 0.6) is 11.5 Å². The Balaban J connectivity index is 2.69. The van der Waals surface area contributed by atoms with Crippen molar-refractivity contribution in [3.8, 4) is 11.5 Å². The number of hydrogen-bond donors (Lipinski definition) is 1. The standard InChI is InChI=1S/C15H25NO2/c1-11(2)9-16-10-12(3)14-7-6-13(17-4)8-15(14)18-5/h6-8,11-12,16H,9-10H2,1-5H3. The van der Waals surface area contributed by atoms with Crippen LogP contribution in [0.15, 0.2) is 18.2 Å². The second kappa shape index (κ2) is 7.27. The van der Waals surface area contributed by atoms with Crippen molar-refractivity contribution in [3.05, 3.63) is 23.8 Å². The Morgan fingerprint density at radius 1 is 1.06 bits per heavy atom. The zero-order chi connectivity index (χ0) is 13.5. The minimum absolute atomic E-state index is 0.421. The molecule has 3 heteroatoms. The van der Waals surface area contributed by atoms with Crippen LogP contribution in [0.4, 0.5) is 0 Å². The van der Waals surface area contributed by atoms with Gasteiger partial charge in [0.1, 0.15) is 11.5 Å². The van der Waals surface area contributed by atoms with Crippen LogP contribution >= 0.6 is 0 Å². The van der Waals surface area contributed by atoms with Gasteiger partial charge in [-0.3, -0.25) is 0 Å². The Morgan fingerprint density at radius 3 is 2.33 bits per heavy atom. The molecule has 0 heterocycles. The third kappa shape index (κ3) is 4.22. The minimum Gasteiger partial charge on any atom is -0.497 e. The second-order valence-electron chi connectivity index (χ2n) is 5.06. The third-order valence-electron chi connectivity index (χ3n) is 2.97. The first kappa shape index (κ1) is 14.8. The summed E-state index contributed by atoms with van der Waals surface area (Å²) >= 11 is 0. The molecule has 18 heavy (non-hydrogen) atoms. The average molecular weight is 251 g/mol. The number of benzene rings is 1. The number of hydrogen-bond acceptors (Lipinski definition) is 3. The third-order valence-corrected chi connectivity index (χ3v) is 2.97. The van der Waals surface area contributed by atoms with Gasteiger partial charge in [0, 0.05) is 12.6 Å². The van der Waals surface area contributed by atoms with Crippen molar-refractivity contribution in [2.45, 2.75) is 26.7 Å². The molecule has 3 nitrogen and oxygen atoms in total. The van der Waals surface area contributed by atoms with Gasteiger partial charge in [0.2, 0.25) is 0 Å². The van der Waals surface area contributed by atoms with E-state index in [2.05, 4.69) is 32.2 Å². The summed E-state index contributed by atoms with van der Waals surface area (Å²) in [5, 5.41) is 3.48. The molecule has 1 N–H and O–H groups in total. The highest BCUT2D eigenvalue weighted by atomic mass is 16.5. The van der Waals surface area contributed by atoms with Gasteiger partial charge in [-0.2, -0.15) is 0 Å². The molecule has 0 aliphatic heterocycles. The molecule has 0 aliphatic carbocycles. The highest BCUT2D eigenvalue weighted by molar-refractivity contribution is 5.42. The van der Waals surface area contributed by atoms with Gasteiger partial charge in [-0.1, -0.05) is 26.8 Å². The molecule has 0 bridgehead atoms. The molecule has 0 radical (unpaired) electrons. The summed E-state index contributed by atoms with van der Waals surface area (Å²) in [5.41, 5.74) is 1.22. The molecule has 0 aromatic heterocycles. The van der Waals surface area contributed by atoms with Gasteiger partial charge in [0.15, 0.2) is 0 Å². The van der Waals surface area contributed by atoms with E-state index in [-0.39, 0.29) is 0 Å². The van der Waals surface area contributed by atoms with Crippen LogP contribution < -0.4 is 14.8 Å². The fraction of sp³-hybridized carbons (Fsp3) is 0.600. The van der Waals surface area contributed by atoms with Crippen molar-refractivity contribution >= 4 is 0 Å². The van der Waals surface area contributed by atoms with Crippen LogP contribution in [0.2, 0.25) is 0 Å². The fourth-order valence-electron chi connectivity index (χ4n) is 1.92. The van der Waals surface area contributed by atoms with Crippen LogP contribution in [0.1, 0.15) is 32.3 Å². The molecule has 0 spiro atoms. The van der Waals surface area contributed by atoms with E-state index in [4.69, 9.17) is 9.47 Å². The number of rotatable bonds is 7. The Kier molecular flexibility index (Phi) is 5.99. The number of ether oxygens (including phenoxy) is 2. The predicted octanol–water partition coefficient (Wildman–Crippen LogP) is 3.05. The van der Waals surface area contributed by atoms with Crippen LogP contribution in [0.3, 0.4) is 0 Å². The first-order valence-electron chi connectivity index (χ1n) is 6.51. The van der Waals surface area contributed by atoms with E-state index >= 15 is 0 Å². The SMILES string of the molecule is COc1ccc(C(C)CNCC(C)C)c(OC)c1. The molecule has 102 valence electrons. The Hall–Kier alpha value is -1.22. The highest BCUT2D eigenvalue weighted by Crippen LogP contribution is 2.30. The van der Waals surface area contributed by atoms with Crippen molar-refractivity contribution in [3.63, 3.8) is 0 Å². The van der Waals surface area contributed by atoms with Gasteiger partial charge >= 0.3 is 0 Å². The summed E-state index contributed by atoms with van der Waals surface area (Å²) in [4.78, 5) is 0. The second-order valence-corrected chi connectivity index (χ2v) is 5.06. The zero-order valence-corrected chi connectivity index (χ0v) is 12.1. The largest absolute Gasteiger partial charge is 0.497 e. The van der Waals surface area contributed by atoms with Crippen molar-refractivity contribution in [2.24, 2.45) is 5.92 Å². The molecule has 1 aromatic carbocycles. The lowest BCUT2D eigenvalue weighted by Gasteiger charge is -2.18. The van der Waals surface area contributed by atoms with Crippen molar-refractivity contribution in [1.82, 2.24) is 5.32 Å². The fourth-order valence-corrected chi connectivity index (χ4v) is 1.92. The molecular weight excluding hydrogens is 226 g/mol. The molecule has 1 aromatic rings. The van der Waals surface area contributed by atoms with Gasteiger partial charge in [-0.05, 0) is 30.0 Å². The van der Waals surface area contributed by atoms with E-state index in [9.17, 15) is 0 Å². The molecule has 0 fully saturated rings. The smallest absolute Gasteiger partial charge is 0.126 e. The lowest BCUT2D eigenvalue weighted by Crippen LogP contribution is -2.24. The number of methoxy groups -OCH3 is 2. The lowest BCUT2D eigenvalue weighted by atomic mass is 9.99. The van der Waals surface area contributed by atoms with Crippen LogP contribution in [0.25, 0.3) is 0 Å². The maximum absolute atomic E-state index is 5.43. The lowest BCUT2D eigenvalue weighted by molar-refractivity contribution is 0.388. The van der Waals surface area contributed by atoms with Gasteiger partial charge in [0.05, 0.1) is 14.2 Å². The van der Waals surface area contributed by atoms with Crippen LogP contribution in [0, 0.1) is 5.92 Å². The molecular formula is C15H25NO2. The van der Waals surface area contributed by atoms with E-state index < -0.39 is 0 Å². The van der Waals surface area contributed by atoms with Crippen molar-refractivity contribution < 1.29 is 9.47 Å². The molecule has 1 unspecified atom stereocenters. The van der Waals surface area contributed by atoms with Crippen molar-refractivity contribution in [2.75, 3.05) is 27.3 Å². The van der Waals surface area contributed by atoms with Gasteiger partial charge in [-0.15, -0.1) is 0 Å². The summed E-state index contributed by atoms with van der Waals surface area (Å²) in [6.07, 6.45) is 0. The minimum atomic E-state index is 0.421. The van der Waals surface area contributed by atoms with Gasteiger partial charge in [0.25, 0.3) is 0 Å². The Bertz CT molecular complexity index is 364. The van der Waals surface area contributed by atoms with Crippen LogP contribution in [-0.2, 0) is 0 Å². The summed E-state index contributed by atoms with van der Waals surface area (Å²) in [6.45, 7) is 8.64. The summed E-state index contributed by atoms with van der Waals surface area (Å²) < 4.78 is 10.6. The maximum atomic E-state index is 5.43. The zero-order valence-electron chi connectivity index (χ0n) is 12.1. The molecule has 0 aliphatic rings. The predicted molar refractivity (Wildman–Crippen MR) is 75.7 cm³/mol. The Morgan fingerprint density at radius 2 is 1.78 bits per heavy atom. The van der Waals surface area contributed by atoms with Crippen molar-refractivity contribution in [1.29, 1.82) is 0 Å². The normalized spacial score (nSPS) is 12.6. The van der Waals surface area contributed by atoms with E-state index in [0.717, 1.165) is 24.6 Å². The first-order valence-corrected chi connectivity index (χ1v) is 6.51. The molecule has 0 amide bonds. The van der Waals surface area contributed by atoms with E-state index in [1.54, 1.807) is 14.2 Å². The topological polar surface area (TPSA) is 30.5 Å².